The predicted molar refractivity (Wildman–Crippen MR) is 47.6 cm³/mol. The number of rotatable bonds is 4. The van der Waals surface area contributed by atoms with Gasteiger partial charge >= 0.3 is 5.69 Å². The standard InChI is InChI=1S/C5H8N4O4S/c10-5-8-3-7-4(9-5)6-1-2-14(11,12)13/h3H,1-2H2,(H,11,12,13)(H2,6,7,8,9,10). The van der Waals surface area contributed by atoms with Crippen molar-refractivity contribution in [1.29, 1.82) is 0 Å². The first-order valence-corrected chi connectivity index (χ1v) is 5.19. The molecule has 0 aromatic carbocycles. The Morgan fingerprint density at radius 2 is 2.21 bits per heavy atom. The van der Waals surface area contributed by atoms with E-state index in [1.165, 1.54) is 0 Å². The van der Waals surface area contributed by atoms with Crippen molar-refractivity contribution in [1.82, 2.24) is 15.0 Å². The smallest absolute Gasteiger partial charge is 0.349 e. The zero-order chi connectivity index (χ0) is 10.6. The van der Waals surface area contributed by atoms with Crippen LogP contribution in [0.4, 0.5) is 5.95 Å². The minimum atomic E-state index is -4.00. The Labute approximate surface area is 79.2 Å². The van der Waals surface area contributed by atoms with Crippen molar-refractivity contribution in [2.75, 3.05) is 17.6 Å². The van der Waals surface area contributed by atoms with E-state index in [1.54, 1.807) is 0 Å². The van der Waals surface area contributed by atoms with Crippen molar-refractivity contribution < 1.29 is 13.0 Å². The molecule has 1 rings (SSSR count). The average Bonchev–Trinajstić information content (AvgIpc) is 2.01. The minimum absolute atomic E-state index is 0.0498. The molecule has 0 saturated carbocycles. The lowest BCUT2D eigenvalue weighted by Crippen LogP contribution is -2.19. The first-order chi connectivity index (χ1) is 6.47. The number of hydrogen-bond acceptors (Lipinski definition) is 6. The largest absolute Gasteiger partial charge is 0.355 e. The van der Waals surface area contributed by atoms with Crippen molar-refractivity contribution in [3.8, 4) is 0 Å². The lowest BCUT2D eigenvalue weighted by atomic mass is 10.7. The Bertz CT molecular complexity index is 453. The van der Waals surface area contributed by atoms with Gasteiger partial charge in [-0.05, 0) is 0 Å². The maximum Gasteiger partial charge on any atom is 0.349 e. The van der Waals surface area contributed by atoms with Crippen LogP contribution in [0.1, 0.15) is 0 Å². The summed E-state index contributed by atoms with van der Waals surface area (Å²) in [7, 11) is -4.00. The van der Waals surface area contributed by atoms with Gasteiger partial charge in [-0.3, -0.25) is 9.54 Å². The van der Waals surface area contributed by atoms with Crippen LogP contribution < -0.4 is 11.0 Å². The molecule has 0 aliphatic carbocycles. The molecule has 0 amide bonds. The summed E-state index contributed by atoms with van der Waals surface area (Å²) in [6.45, 7) is -0.0498. The lowest BCUT2D eigenvalue weighted by molar-refractivity contribution is 0.484. The molecule has 0 saturated heterocycles. The zero-order valence-electron chi connectivity index (χ0n) is 6.97. The van der Waals surface area contributed by atoms with Gasteiger partial charge in [-0.1, -0.05) is 0 Å². The first-order valence-electron chi connectivity index (χ1n) is 3.58. The summed E-state index contributed by atoms with van der Waals surface area (Å²) < 4.78 is 29.0. The first kappa shape index (κ1) is 10.6. The van der Waals surface area contributed by atoms with Crippen molar-refractivity contribution in [2.45, 2.75) is 0 Å². The summed E-state index contributed by atoms with van der Waals surface area (Å²) in [5.41, 5.74) is -0.589. The summed E-state index contributed by atoms with van der Waals surface area (Å²) in [6.07, 6.45) is 1.04. The average molecular weight is 220 g/mol. The fraction of sp³-hybridized carbons (Fsp3) is 0.400. The highest BCUT2D eigenvalue weighted by molar-refractivity contribution is 7.85. The Morgan fingerprint density at radius 3 is 2.79 bits per heavy atom. The van der Waals surface area contributed by atoms with Crippen LogP contribution in [0.2, 0.25) is 0 Å². The second kappa shape index (κ2) is 4.15. The number of aromatic nitrogens is 3. The molecule has 1 heterocycles. The summed E-state index contributed by atoms with van der Waals surface area (Å²) in [5, 5.41) is 2.50. The Balaban J connectivity index is 2.51. The van der Waals surface area contributed by atoms with E-state index in [1.807, 2.05) is 0 Å². The van der Waals surface area contributed by atoms with E-state index in [0.29, 0.717) is 0 Å². The van der Waals surface area contributed by atoms with E-state index in [0.717, 1.165) is 6.33 Å². The van der Waals surface area contributed by atoms with Gasteiger partial charge in [0.1, 0.15) is 6.33 Å². The SMILES string of the molecule is O=c1ncnc(NCCS(=O)(=O)O)[nH]1. The second-order valence-electron chi connectivity index (χ2n) is 2.37. The van der Waals surface area contributed by atoms with Crippen LogP contribution in [0.25, 0.3) is 0 Å². The molecular weight excluding hydrogens is 212 g/mol. The predicted octanol–water partition coefficient (Wildman–Crippen LogP) is -1.54. The highest BCUT2D eigenvalue weighted by atomic mass is 32.2. The van der Waals surface area contributed by atoms with E-state index < -0.39 is 21.6 Å². The van der Waals surface area contributed by atoms with Gasteiger partial charge < -0.3 is 5.32 Å². The molecule has 0 aliphatic rings. The van der Waals surface area contributed by atoms with Gasteiger partial charge in [0.2, 0.25) is 5.95 Å². The quantitative estimate of drug-likeness (QED) is 0.525. The Kier molecular flexibility index (Phi) is 3.14. The van der Waals surface area contributed by atoms with Gasteiger partial charge in [0.15, 0.2) is 0 Å². The van der Waals surface area contributed by atoms with Gasteiger partial charge in [0.05, 0.1) is 5.75 Å². The van der Waals surface area contributed by atoms with Gasteiger partial charge in [0, 0.05) is 6.54 Å². The van der Waals surface area contributed by atoms with Crippen molar-refractivity contribution >= 4 is 16.1 Å². The van der Waals surface area contributed by atoms with Gasteiger partial charge in [-0.25, -0.2) is 9.78 Å². The van der Waals surface area contributed by atoms with Crippen LogP contribution in [0.15, 0.2) is 11.1 Å². The molecule has 1 aromatic rings. The fourth-order valence-electron chi connectivity index (χ4n) is 0.693. The third-order valence-corrected chi connectivity index (χ3v) is 1.96. The third-order valence-electron chi connectivity index (χ3n) is 1.24. The fourth-order valence-corrected chi connectivity index (χ4v) is 1.05. The second-order valence-corrected chi connectivity index (χ2v) is 3.94. The van der Waals surface area contributed by atoms with Gasteiger partial charge in [-0.15, -0.1) is 0 Å². The topological polar surface area (TPSA) is 125 Å². The number of anilines is 1. The van der Waals surface area contributed by atoms with Crippen LogP contribution >= 0.6 is 0 Å². The van der Waals surface area contributed by atoms with Crippen molar-refractivity contribution in [3.05, 3.63) is 16.8 Å². The van der Waals surface area contributed by atoms with Crippen LogP contribution in [-0.2, 0) is 10.1 Å². The van der Waals surface area contributed by atoms with E-state index >= 15 is 0 Å². The molecular formula is C5H8N4O4S. The van der Waals surface area contributed by atoms with E-state index in [4.69, 9.17) is 4.55 Å². The van der Waals surface area contributed by atoms with Crippen LogP contribution in [0.5, 0.6) is 0 Å². The van der Waals surface area contributed by atoms with Crippen molar-refractivity contribution in [3.63, 3.8) is 0 Å². The monoisotopic (exact) mass is 220 g/mol. The molecule has 0 fully saturated rings. The third kappa shape index (κ3) is 3.96. The van der Waals surface area contributed by atoms with E-state index in [9.17, 15) is 13.2 Å². The van der Waals surface area contributed by atoms with Crippen LogP contribution in [0.3, 0.4) is 0 Å². The van der Waals surface area contributed by atoms with E-state index in [2.05, 4.69) is 20.3 Å². The normalized spacial score (nSPS) is 11.2. The highest BCUT2D eigenvalue weighted by Gasteiger charge is 2.03. The molecule has 9 heteroatoms. The minimum Gasteiger partial charge on any atom is -0.355 e. The molecule has 8 nitrogen and oxygen atoms in total. The van der Waals surface area contributed by atoms with Crippen LogP contribution in [0, 0.1) is 0 Å². The number of nitrogens with zero attached hydrogens (tertiary/aromatic N) is 2. The number of H-pyrrole nitrogens is 1. The molecule has 0 unspecified atom stereocenters. The molecule has 0 atom stereocenters. The van der Waals surface area contributed by atoms with Gasteiger partial charge in [-0.2, -0.15) is 13.4 Å². The number of nitrogens with one attached hydrogen (secondary N) is 2. The highest BCUT2D eigenvalue weighted by Crippen LogP contribution is 1.89. The maximum atomic E-state index is 10.6. The summed E-state index contributed by atoms with van der Waals surface area (Å²) in [5.74, 6) is -0.354. The Hall–Kier alpha value is -1.48. The zero-order valence-corrected chi connectivity index (χ0v) is 7.78. The molecule has 0 bridgehead atoms. The lowest BCUT2D eigenvalue weighted by Gasteiger charge is -2.01. The number of aromatic amines is 1. The summed E-state index contributed by atoms with van der Waals surface area (Å²) in [6, 6.07) is 0. The Morgan fingerprint density at radius 1 is 1.50 bits per heavy atom. The summed E-state index contributed by atoms with van der Waals surface area (Å²) in [4.78, 5) is 19.7. The van der Waals surface area contributed by atoms with E-state index in [-0.39, 0.29) is 12.5 Å². The molecule has 0 spiro atoms. The molecule has 3 N–H and O–H groups in total. The molecule has 1 aromatic heterocycles. The van der Waals surface area contributed by atoms with Crippen molar-refractivity contribution in [2.24, 2.45) is 0 Å². The molecule has 0 radical (unpaired) electrons. The van der Waals surface area contributed by atoms with Crippen LogP contribution in [-0.4, -0.2) is 40.2 Å². The molecule has 0 aliphatic heterocycles. The maximum absolute atomic E-state index is 10.6. The molecule has 14 heavy (non-hydrogen) atoms. The number of hydrogen-bond donors (Lipinski definition) is 3. The van der Waals surface area contributed by atoms with Gasteiger partial charge in [0.25, 0.3) is 10.1 Å². The molecule has 78 valence electrons. The summed E-state index contributed by atoms with van der Waals surface area (Å²) >= 11 is 0.